The standard InChI is InChI=1S/C26H32O2/c1-18(27)19-7-9-20(10-8-19)26(13-6-16-28-26)21-11-12-22-23(17-21)25(4,5)15-14-24(22,2)3/h7-12,17H,6,13-16H2,1-5H3. The minimum Gasteiger partial charge on any atom is -0.366 e. The summed E-state index contributed by atoms with van der Waals surface area (Å²) in [5.41, 5.74) is 6.11. The van der Waals surface area contributed by atoms with Gasteiger partial charge in [-0.2, -0.15) is 0 Å². The Labute approximate surface area is 169 Å². The highest BCUT2D eigenvalue weighted by molar-refractivity contribution is 5.94. The normalized spacial score (nSPS) is 25.3. The van der Waals surface area contributed by atoms with Crippen molar-refractivity contribution in [3.05, 3.63) is 70.3 Å². The molecule has 4 rings (SSSR count). The van der Waals surface area contributed by atoms with E-state index >= 15 is 0 Å². The third kappa shape index (κ3) is 3.03. The number of fused-ring (bicyclic) bond motifs is 1. The van der Waals surface area contributed by atoms with Crippen molar-refractivity contribution >= 4 is 5.78 Å². The molecule has 28 heavy (non-hydrogen) atoms. The van der Waals surface area contributed by atoms with Crippen molar-refractivity contribution in [2.45, 2.75) is 76.7 Å². The van der Waals surface area contributed by atoms with E-state index in [9.17, 15) is 4.79 Å². The molecule has 0 bridgehead atoms. The minimum absolute atomic E-state index is 0.103. The molecule has 0 radical (unpaired) electrons. The second-order valence-electron chi connectivity index (χ2n) is 9.94. The zero-order valence-corrected chi connectivity index (χ0v) is 17.9. The van der Waals surface area contributed by atoms with Crippen LogP contribution in [0.2, 0.25) is 0 Å². The number of rotatable bonds is 3. The molecule has 1 aliphatic carbocycles. The van der Waals surface area contributed by atoms with Gasteiger partial charge in [0.05, 0.1) is 0 Å². The monoisotopic (exact) mass is 376 g/mol. The third-order valence-electron chi connectivity index (χ3n) is 7.10. The van der Waals surface area contributed by atoms with Crippen LogP contribution in [0.3, 0.4) is 0 Å². The van der Waals surface area contributed by atoms with Gasteiger partial charge in [-0.05, 0) is 65.7 Å². The molecule has 1 aliphatic heterocycles. The predicted molar refractivity (Wildman–Crippen MR) is 114 cm³/mol. The molecule has 1 unspecified atom stereocenters. The summed E-state index contributed by atoms with van der Waals surface area (Å²) in [7, 11) is 0. The Balaban J connectivity index is 1.84. The number of hydrogen-bond acceptors (Lipinski definition) is 2. The van der Waals surface area contributed by atoms with Gasteiger partial charge in [0.1, 0.15) is 5.60 Å². The van der Waals surface area contributed by atoms with Crippen LogP contribution in [0.5, 0.6) is 0 Å². The summed E-state index contributed by atoms with van der Waals surface area (Å²) < 4.78 is 6.44. The first kappa shape index (κ1) is 19.4. The molecule has 2 aliphatic rings. The molecular weight excluding hydrogens is 344 g/mol. The fourth-order valence-corrected chi connectivity index (χ4v) is 5.08. The van der Waals surface area contributed by atoms with E-state index in [2.05, 4.69) is 58.0 Å². The molecule has 0 saturated carbocycles. The van der Waals surface area contributed by atoms with Crippen molar-refractivity contribution in [1.82, 2.24) is 0 Å². The van der Waals surface area contributed by atoms with E-state index in [1.165, 1.54) is 29.5 Å². The first-order valence-corrected chi connectivity index (χ1v) is 10.6. The highest BCUT2D eigenvalue weighted by Gasteiger charge is 2.42. The van der Waals surface area contributed by atoms with E-state index in [0.717, 1.165) is 30.6 Å². The Bertz CT molecular complexity index is 897. The Kier molecular flexibility index (Phi) is 4.54. The van der Waals surface area contributed by atoms with E-state index in [1.54, 1.807) is 6.92 Å². The number of hydrogen-bond donors (Lipinski definition) is 0. The molecule has 1 atom stereocenters. The first-order chi connectivity index (χ1) is 13.2. The number of ketones is 1. The zero-order chi connectivity index (χ0) is 20.2. The van der Waals surface area contributed by atoms with Crippen LogP contribution in [0.4, 0.5) is 0 Å². The number of ether oxygens (including phenoxy) is 1. The molecule has 1 saturated heterocycles. The molecule has 0 N–H and O–H groups in total. The van der Waals surface area contributed by atoms with Gasteiger partial charge in [-0.25, -0.2) is 0 Å². The van der Waals surface area contributed by atoms with Crippen LogP contribution in [0.25, 0.3) is 0 Å². The Morgan fingerprint density at radius 3 is 2.00 bits per heavy atom. The maximum Gasteiger partial charge on any atom is 0.159 e. The van der Waals surface area contributed by atoms with Crippen LogP contribution in [-0.2, 0) is 21.2 Å². The number of Topliss-reactive ketones (excluding diaryl/α,β-unsaturated/α-hetero) is 1. The molecule has 2 aromatic carbocycles. The molecule has 0 aromatic heterocycles. The van der Waals surface area contributed by atoms with Crippen LogP contribution >= 0.6 is 0 Å². The van der Waals surface area contributed by atoms with Crippen molar-refractivity contribution in [2.24, 2.45) is 0 Å². The van der Waals surface area contributed by atoms with Gasteiger partial charge in [0.15, 0.2) is 5.78 Å². The van der Waals surface area contributed by atoms with Crippen molar-refractivity contribution in [3.63, 3.8) is 0 Å². The number of carbonyl (C=O) groups is 1. The van der Waals surface area contributed by atoms with Crippen molar-refractivity contribution in [1.29, 1.82) is 0 Å². The zero-order valence-electron chi connectivity index (χ0n) is 17.9. The SMILES string of the molecule is CC(=O)c1ccc(C2(c3ccc4c(c3)C(C)(C)CCC4(C)C)CCCO2)cc1. The fraction of sp³-hybridized carbons (Fsp3) is 0.500. The predicted octanol–water partition coefficient (Wildman–Crippen LogP) is 6.29. The Morgan fingerprint density at radius 2 is 1.43 bits per heavy atom. The lowest BCUT2D eigenvalue weighted by Gasteiger charge is -2.43. The van der Waals surface area contributed by atoms with E-state index in [1.807, 2.05) is 12.1 Å². The summed E-state index contributed by atoms with van der Waals surface area (Å²) >= 11 is 0. The van der Waals surface area contributed by atoms with Gasteiger partial charge in [-0.15, -0.1) is 0 Å². The summed E-state index contributed by atoms with van der Waals surface area (Å²) in [5.74, 6) is 0.103. The van der Waals surface area contributed by atoms with Gasteiger partial charge in [0, 0.05) is 12.2 Å². The number of benzene rings is 2. The van der Waals surface area contributed by atoms with Gasteiger partial charge in [0.25, 0.3) is 0 Å². The van der Waals surface area contributed by atoms with E-state index in [4.69, 9.17) is 4.74 Å². The summed E-state index contributed by atoms with van der Waals surface area (Å²) in [6, 6.07) is 15.1. The Hall–Kier alpha value is -1.93. The lowest BCUT2D eigenvalue weighted by molar-refractivity contribution is 0.0357. The van der Waals surface area contributed by atoms with Crippen LogP contribution < -0.4 is 0 Å². The maximum absolute atomic E-state index is 11.7. The van der Waals surface area contributed by atoms with Crippen LogP contribution in [0.15, 0.2) is 42.5 Å². The molecule has 2 nitrogen and oxygen atoms in total. The quantitative estimate of drug-likeness (QED) is 0.588. The van der Waals surface area contributed by atoms with Crippen molar-refractivity contribution in [2.75, 3.05) is 6.61 Å². The van der Waals surface area contributed by atoms with E-state index in [-0.39, 0.29) is 16.6 Å². The summed E-state index contributed by atoms with van der Waals surface area (Å²) in [6.07, 6.45) is 4.47. The van der Waals surface area contributed by atoms with Crippen molar-refractivity contribution in [3.8, 4) is 0 Å². The lowest BCUT2D eigenvalue weighted by atomic mass is 9.62. The topological polar surface area (TPSA) is 26.3 Å². The molecule has 148 valence electrons. The maximum atomic E-state index is 11.7. The van der Waals surface area contributed by atoms with Gasteiger partial charge in [0.2, 0.25) is 0 Å². The molecule has 2 aromatic rings. The van der Waals surface area contributed by atoms with Gasteiger partial charge in [-0.3, -0.25) is 4.79 Å². The summed E-state index contributed by atoms with van der Waals surface area (Å²) in [5, 5.41) is 0. The van der Waals surface area contributed by atoms with Gasteiger partial charge < -0.3 is 4.74 Å². The highest BCUT2D eigenvalue weighted by Crippen LogP contribution is 2.49. The third-order valence-corrected chi connectivity index (χ3v) is 7.10. The number of carbonyl (C=O) groups excluding carboxylic acids is 1. The molecule has 2 heteroatoms. The second kappa shape index (κ2) is 6.56. The fourth-order valence-electron chi connectivity index (χ4n) is 5.08. The molecule has 0 spiro atoms. The summed E-state index contributed by atoms with van der Waals surface area (Å²) in [4.78, 5) is 11.7. The second-order valence-corrected chi connectivity index (χ2v) is 9.94. The molecule has 1 heterocycles. The molecular formula is C26H32O2. The summed E-state index contributed by atoms with van der Waals surface area (Å²) in [6.45, 7) is 11.9. The Morgan fingerprint density at radius 1 is 0.821 bits per heavy atom. The molecule has 0 amide bonds. The van der Waals surface area contributed by atoms with Crippen LogP contribution in [-0.4, -0.2) is 12.4 Å². The average Bonchev–Trinajstić information content (AvgIpc) is 3.16. The van der Waals surface area contributed by atoms with Gasteiger partial charge in [-0.1, -0.05) is 70.2 Å². The lowest BCUT2D eigenvalue weighted by Crippen LogP contribution is -2.35. The minimum atomic E-state index is -0.401. The highest BCUT2D eigenvalue weighted by atomic mass is 16.5. The largest absolute Gasteiger partial charge is 0.366 e. The van der Waals surface area contributed by atoms with Crippen molar-refractivity contribution < 1.29 is 9.53 Å². The van der Waals surface area contributed by atoms with Crippen LogP contribution in [0.1, 0.15) is 92.9 Å². The average molecular weight is 377 g/mol. The smallest absolute Gasteiger partial charge is 0.159 e. The van der Waals surface area contributed by atoms with Gasteiger partial charge >= 0.3 is 0 Å². The molecule has 1 fully saturated rings. The van der Waals surface area contributed by atoms with Crippen LogP contribution in [0, 0.1) is 0 Å². The van der Waals surface area contributed by atoms with E-state index in [0.29, 0.717) is 0 Å². The first-order valence-electron chi connectivity index (χ1n) is 10.6. The van der Waals surface area contributed by atoms with E-state index < -0.39 is 5.60 Å².